The first-order valence-electron chi connectivity index (χ1n) is 7.27. The molecule has 0 aromatic heterocycles. The minimum atomic E-state index is -1.32. The third-order valence-electron chi connectivity index (χ3n) is 5.24. The number of carboxylic acids is 1. The van der Waals surface area contributed by atoms with E-state index < -0.39 is 18.6 Å². The van der Waals surface area contributed by atoms with E-state index in [0.29, 0.717) is 25.3 Å². The molecule has 0 spiro atoms. The van der Waals surface area contributed by atoms with Crippen LogP contribution in [0.5, 0.6) is 0 Å². The highest BCUT2D eigenvalue weighted by Crippen LogP contribution is 2.70. The predicted octanol–water partition coefficient (Wildman–Crippen LogP) is -0.391. The fourth-order valence-electron chi connectivity index (χ4n) is 4.30. The number of nitrogens with two attached hydrogens (primary N) is 1. The first-order valence-corrected chi connectivity index (χ1v) is 7.27. The largest absolute Gasteiger partial charge is 0.480 e. The van der Waals surface area contributed by atoms with Gasteiger partial charge in [-0.05, 0) is 51.5 Å². The molecule has 0 radical (unpaired) electrons. The zero-order chi connectivity index (χ0) is 15.1. The number of hydrogen-bond donors (Lipinski definition) is 4. The van der Waals surface area contributed by atoms with Crippen LogP contribution < -0.4 is 5.73 Å². The molecule has 0 aromatic carbocycles. The minimum Gasteiger partial charge on any atom is -0.480 e. The van der Waals surface area contributed by atoms with Gasteiger partial charge in [-0.3, -0.25) is 4.79 Å². The molecule has 2 aliphatic rings. The highest BCUT2D eigenvalue weighted by atomic mass is 16.4. The van der Waals surface area contributed by atoms with E-state index in [4.69, 9.17) is 15.8 Å². The van der Waals surface area contributed by atoms with Crippen molar-refractivity contribution < 1.29 is 19.9 Å². The van der Waals surface area contributed by atoms with Crippen LogP contribution in [0.1, 0.15) is 25.7 Å². The molecule has 0 saturated heterocycles. The second-order valence-corrected chi connectivity index (χ2v) is 6.81. The quantitative estimate of drug-likeness (QED) is 0.474. The maximum atomic E-state index is 11.8. The molecule has 6 nitrogen and oxygen atoms in total. The Bertz CT molecular complexity index is 393. The zero-order valence-electron chi connectivity index (χ0n) is 12.2. The molecule has 2 unspecified atom stereocenters. The maximum absolute atomic E-state index is 11.8. The van der Waals surface area contributed by atoms with Crippen LogP contribution in [0.4, 0.5) is 0 Å². The average Bonchev–Trinajstić information content (AvgIpc) is 2.93. The number of hydrogen-bond acceptors (Lipinski definition) is 5. The maximum Gasteiger partial charge on any atom is 0.451 e. The van der Waals surface area contributed by atoms with Crippen molar-refractivity contribution >= 4 is 13.1 Å². The molecule has 0 aromatic rings. The Labute approximate surface area is 120 Å². The van der Waals surface area contributed by atoms with Gasteiger partial charge in [-0.1, -0.05) is 6.42 Å². The summed E-state index contributed by atoms with van der Waals surface area (Å²) in [6, 6.07) is 0. The van der Waals surface area contributed by atoms with E-state index in [1.165, 1.54) is 0 Å². The summed E-state index contributed by atoms with van der Waals surface area (Å²) in [5.41, 5.74) is 4.90. The van der Waals surface area contributed by atoms with Crippen molar-refractivity contribution in [2.24, 2.45) is 23.0 Å². The van der Waals surface area contributed by atoms with Gasteiger partial charge in [0.15, 0.2) is 0 Å². The van der Waals surface area contributed by atoms with E-state index in [1.807, 2.05) is 19.0 Å². The van der Waals surface area contributed by atoms with Crippen molar-refractivity contribution in [1.29, 1.82) is 0 Å². The molecular weight excluding hydrogens is 259 g/mol. The lowest BCUT2D eigenvalue weighted by molar-refractivity contribution is -0.148. The molecule has 0 bridgehead atoms. The Kier molecular flexibility index (Phi) is 4.17. The molecule has 7 heteroatoms. The van der Waals surface area contributed by atoms with Crippen LogP contribution >= 0.6 is 0 Å². The number of rotatable bonds is 7. The molecule has 2 saturated carbocycles. The van der Waals surface area contributed by atoms with Gasteiger partial charge in [0.25, 0.3) is 0 Å². The number of carbonyl (C=O) groups is 1. The van der Waals surface area contributed by atoms with Crippen LogP contribution in [0.3, 0.4) is 0 Å². The third-order valence-corrected chi connectivity index (χ3v) is 5.24. The van der Waals surface area contributed by atoms with Crippen molar-refractivity contribution in [2.75, 3.05) is 20.6 Å². The smallest absolute Gasteiger partial charge is 0.451 e. The lowest BCUT2D eigenvalue weighted by Crippen LogP contribution is -2.60. The highest BCUT2D eigenvalue weighted by Gasteiger charge is 2.75. The molecule has 0 amide bonds. The lowest BCUT2D eigenvalue weighted by Gasteiger charge is -2.37. The van der Waals surface area contributed by atoms with Crippen LogP contribution in [-0.2, 0) is 4.79 Å². The Balaban J connectivity index is 2.10. The molecule has 0 aliphatic heterocycles. The summed E-state index contributed by atoms with van der Waals surface area (Å²) in [5, 5.41) is 27.5. The van der Waals surface area contributed by atoms with E-state index in [9.17, 15) is 9.90 Å². The molecule has 2 rings (SSSR count). The highest BCUT2D eigenvalue weighted by molar-refractivity contribution is 6.40. The van der Waals surface area contributed by atoms with Crippen molar-refractivity contribution in [2.45, 2.75) is 37.5 Å². The van der Waals surface area contributed by atoms with Crippen LogP contribution in [0, 0.1) is 17.3 Å². The van der Waals surface area contributed by atoms with Gasteiger partial charge in [-0.15, -0.1) is 0 Å². The second kappa shape index (κ2) is 5.29. The number of fused-ring (bicyclic) bond motifs is 1. The Morgan fingerprint density at radius 1 is 1.45 bits per heavy atom. The first kappa shape index (κ1) is 15.8. The van der Waals surface area contributed by atoms with E-state index in [0.717, 1.165) is 12.8 Å². The van der Waals surface area contributed by atoms with Crippen molar-refractivity contribution in [1.82, 2.24) is 4.90 Å². The number of carboxylic acid groups (broad SMARTS) is 1. The molecule has 5 N–H and O–H groups in total. The fraction of sp³-hybridized carbons (Fsp3) is 0.923. The number of aliphatic carboxylic acids is 1. The van der Waals surface area contributed by atoms with Crippen molar-refractivity contribution in [3.05, 3.63) is 0 Å². The first-order chi connectivity index (χ1) is 9.24. The molecule has 2 aliphatic carbocycles. The summed E-state index contributed by atoms with van der Waals surface area (Å²) < 4.78 is 0. The van der Waals surface area contributed by atoms with Crippen LogP contribution in [0.2, 0.25) is 6.32 Å². The van der Waals surface area contributed by atoms with Gasteiger partial charge in [-0.2, -0.15) is 0 Å². The third kappa shape index (κ3) is 2.37. The molecule has 2 fully saturated rings. The Morgan fingerprint density at radius 2 is 2.10 bits per heavy atom. The molecule has 114 valence electrons. The van der Waals surface area contributed by atoms with Crippen molar-refractivity contribution in [3.8, 4) is 0 Å². The molecular formula is C13H25BN2O4. The summed E-state index contributed by atoms with van der Waals surface area (Å²) >= 11 is 0. The fourth-order valence-corrected chi connectivity index (χ4v) is 4.30. The Hall–Kier alpha value is -0.625. The molecule has 4 atom stereocenters. The summed E-state index contributed by atoms with van der Waals surface area (Å²) in [7, 11) is 2.57. The lowest BCUT2D eigenvalue weighted by atomic mass is 9.72. The van der Waals surface area contributed by atoms with Gasteiger partial charge >= 0.3 is 13.1 Å². The SMILES string of the molecule is CN(C)C[C@@]12C[C@@H]1CC(CCCB(O)O)C2(N)C(=O)O. The molecule has 20 heavy (non-hydrogen) atoms. The van der Waals surface area contributed by atoms with E-state index in [2.05, 4.69) is 0 Å². The summed E-state index contributed by atoms with van der Waals surface area (Å²) in [5.74, 6) is -0.582. The standard InChI is InChI=1S/C13H25BN2O4/c1-16(2)8-12-7-10(12)6-9(4-3-5-14(19)20)13(12,15)11(17)18/h9-10,19-20H,3-8,15H2,1-2H3,(H,17,18)/t9?,10-,12-,13?/m0/s1. The normalized spacial score (nSPS) is 38.9. The number of nitrogens with zero attached hydrogens (tertiary/aromatic N) is 1. The van der Waals surface area contributed by atoms with Crippen LogP contribution in [-0.4, -0.2) is 59.3 Å². The predicted molar refractivity (Wildman–Crippen MR) is 76.0 cm³/mol. The minimum absolute atomic E-state index is 0.0718. The second-order valence-electron chi connectivity index (χ2n) is 6.81. The topological polar surface area (TPSA) is 107 Å². The van der Waals surface area contributed by atoms with Gasteiger partial charge in [-0.25, -0.2) is 0 Å². The van der Waals surface area contributed by atoms with Gasteiger partial charge in [0, 0.05) is 12.0 Å². The van der Waals surface area contributed by atoms with E-state index in [-0.39, 0.29) is 17.7 Å². The van der Waals surface area contributed by atoms with E-state index in [1.54, 1.807) is 0 Å². The van der Waals surface area contributed by atoms with Crippen molar-refractivity contribution in [3.63, 3.8) is 0 Å². The molecule has 0 heterocycles. The average molecular weight is 284 g/mol. The summed E-state index contributed by atoms with van der Waals surface area (Å²) in [6.07, 6.45) is 3.26. The summed E-state index contributed by atoms with van der Waals surface area (Å²) in [4.78, 5) is 13.8. The zero-order valence-corrected chi connectivity index (χ0v) is 12.2. The monoisotopic (exact) mass is 284 g/mol. The summed E-state index contributed by atoms with van der Waals surface area (Å²) in [6.45, 7) is 0.708. The van der Waals surface area contributed by atoms with Crippen LogP contribution in [0.25, 0.3) is 0 Å². The van der Waals surface area contributed by atoms with Crippen LogP contribution in [0.15, 0.2) is 0 Å². The van der Waals surface area contributed by atoms with Gasteiger partial charge in [0.2, 0.25) is 0 Å². The van der Waals surface area contributed by atoms with E-state index >= 15 is 0 Å². The van der Waals surface area contributed by atoms with Gasteiger partial charge in [0.05, 0.1) is 0 Å². The van der Waals surface area contributed by atoms with Gasteiger partial charge < -0.3 is 25.8 Å². The van der Waals surface area contributed by atoms with Gasteiger partial charge in [0.1, 0.15) is 5.54 Å². The Morgan fingerprint density at radius 3 is 2.60 bits per heavy atom.